The molecule has 0 aliphatic heterocycles. The van der Waals surface area contributed by atoms with E-state index in [4.69, 9.17) is 9.47 Å². The van der Waals surface area contributed by atoms with Crippen LogP contribution in [0.25, 0.3) is 0 Å². The molecule has 0 amide bonds. The second-order valence-corrected chi connectivity index (χ2v) is 4.17. The van der Waals surface area contributed by atoms with Crippen LogP contribution in [0.15, 0.2) is 0 Å². The van der Waals surface area contributed by atoms with Crippen LogP contribution in [0.4, 0.5) is 0 Å². The molecule has 0 aliphatic rings. The summed E-state index contributed by atoms with van der Waals surface area (Å²) in [5, 5.41) is 9.38. The molecule has 0 aromatic heterocycles. The lowest BCUT2D eigenvalue weighted by atomic mass is 9.95. The van der Waals surface area contributed by atoms with Crippen molar-refractivity contribution >= 4 is 0 Å². The fraction of sp³-hybridized carbons (Fsp3) is 1.00. The number of unbranched alkanes of at least 4 members (excludes halogenated alkanes) is 2. The van der Waals surface area contributed by atoms with Gasteiger partial charge >= 0.3 is 0 Å². The molecule has 3 heteroatoms. The van der Waals surface area contributed by atoms with Gasteiger partial charge in [-0.1, -0.05) is 33.1 Å². The predicted octanol–water partition coefficient (Wildman–Crippen LogP) is 2.57. The van der Waals surface area contributed by atoms with Crippen LogP contribution in [0, 0.1) is 5.92 Å². The molecule has 0 saturated heterocycles. The Labute approximate surface area is 93.8 Å². The lowest BCUT2D eigenvalue weighted by Gasteiger charge is -2.24. The highest BCUT2D eigenvalue weighted by Gasteiger charge is 2.19. The van der Waals surface area contributed by atoms with Crippen LogP contribution >= 0.6 is 0 Å². The molecule has 0 heterocycles. The number of aliphatic hydroxyl groups excluding tert-OH is 1. The van der Waals surface area contributed by atoms with E-state index in [-0.39, 0.29) is 6.10 Å². The molecule has 0 bridgehead atoms. The van der Waals surface area contributed by atoms with E-state index in [9.17, 15) is 5.11 Å². The van der Waals surface area contributed by atoms with Crippen LogP contribution in [0.5, 0.6) is 0 Å². The molecule has 0 rings (SSSR count). The van der Waals surface area contributed by atoms with Crippen molar-refractivity contribution in [3.63, 3.8) is 0 Å². The van der Waals surface area contributed by atoms with Crippen LogP contribution in [-0.2, 0) is 9.47 Å². The third kappa shape index (κ3) is 6.88. The molecular formula is C12H26O3. The average Bonchev–Trinajstić information content (AvgIpc) is 2.25. The number of ether oxygens (including phenoxy) is 2. The topological polar surface area (TPSA) is 38.7 Å². The molecule has 92 valence electrons. The van der Waals surface area contributed by atoms with Gasteiger partial charge in [0.1, 0.15) is 0 Å². The fourth-order valence-corrected chi connectivity index (χ4v) is 1.76. The van der Waals surface area contributed by atoms with Crippen molar-refractivity contribution in [3.8, 4) is 0 Å². The SMILES string of the molecule is CCCCCC(C)C(CC(O)OC)OC. The van der Waals surface area contributed by atoms with E-state index in [0.717, 1.165) is 6.42 Å². The van der Waals surface area contributed by atoms with Crippen LogP contribution in [-0.4, -0.2) is 31.7 Å². The first-order chi connectivity index (χ1) is 7.15. The third-order valence-electron chi connectivity index (χ3n) is 2.91. The van der Waals surface area contributed by atoms with Crippen molar-refractivity contribution in [2.24, 2.45) is 5.92 Å². The maximum Gasteiger partial charge on any atom is 0.156 e. The third-order valence-corrected chi connectivity index (χ3v) is 2.91. The summed E-state index contributed by atoms with van der Waals surface area (Å²) in [6.07, 6.45) is 4.85. The zero-order chi connectivity index (χ0) is 11.7. The van der Waals surface area contributed by atoms with Gasteiger partial charge in [-0.3, -0.25) is 0 Å². The molecule has 0 fully saturated rings. The Kier molecular flexibility index (Phi) is 9.06. The molecule has 1 N–H and O–H groups in total. The largest absolute Gasteiger partial charge is 0.381 e. The van der Waals surface area contributed by atoms with Crippen molar-refractivity contribution in [2.45, 2.75) is 58.3 Å². The average molecular weight is 218 g/mol. The van der Waals surface area contributed by atoms with Gasteiger partial charge in [0.2, 0.25) is 0 Å². The Bertz CT molecular complexity index is 139. The van der Waals surface area contributed by atoms with Gasteiger partial charge in [-0.2, -0.15) is 0 Å². The number of hydrogen-bond donors (Lipinski definition) is 1. The van der Waals surface area contributed by atoms with Gasteiger partial charge in [0.15, 0.2) is 6.29 Å². The summed E-state index contributed by atoms with van der Waals surface area (Å²) in [6, 6.07) is 0. The van der Waals surface area contributed by atoms with E-state index in [1.54, 1.807) is 7.11 Å². The van der Waals surface area contributed by atoms with Gasteiger partial charge in [-0.25, -0.2) is 0 Å². The second-order valence-electron chi connectivity index (χ2n) is 4.17. The second kappa shape index (κ2) is 9.13. The van der Waals surface area contributed by atoms with E-state index in [0.29, 0.717) is 12.3 Å². The van der Waals surface area contributed by atoms with E-state index in [1.165, 1.54) is 26.4 Å². The molecule has 0 aromatic carbocycles. The van der Waals surface area contributed by atoms with Gasteiger partial charge < -0.3 is 14.6 Å². The zero-order valence-corrected chi connectivity index (χ0v) is 10.5. The van der Waals surface area contributed by atoms with Gasteiger partial charge in [0, 0.05) is 20.6 Å². The van der Waals surface area contributed by atoms with Crippen molar-refractivity contribution in [1.29, 1.82) is 0 Å². The Morgan fingerprint density at radius 1 is 1.13 bits per heavy atom. The summed E-state index contributed by atoms with van der Waals surface area (Å²) in [5.41, 5.74) is 0. The molecule has 3 unspecified atom stereocenters. The first-order valence-corrected chi connectivity index (χ1v) is 5.89. The predicted molar refractivity (Wildman–Crippen MR) is 61.7 cm³/mol. The summed E-state index contributed by atoms with van der Waals surface area (Å²) in [4.78, 5) is 0. The van der Waals surface area contributed by atoms with Gasteiger partial charge in [-0.15, -0.1) is 0 Å². The Morgan fingerprint density at radius 2 is 1.80 bits per heavy atom. The van der Waals surface area contributed by atoms with Crippen molar-refractivity contribution in [1.82, 2.24) is 0 Å². The van der Waals surface area contributed by atoms with Gasteiger partial charge in [0.05, 0.1) is 6.10 Å². The summed E-state index contributed by atoms with van der Waals surface area (Å²) < 4.78 is 10.2. The summed E-state index contributed by atoms with van der Waals surface area (Å²) in [6.45, 7) is 4.37. The summed E-state index contributed by atoms with van der Waals surface area (Å²) in [5.74, 6) is 0.478. The van der Waals surface area contributed by atoms with Gasteiger partial charge in [0.25, 0.3) is 0 Å². The molecule has 3 nitrogen and oxygen atoms in total. The van der Waals surface area contributed by atoms with Crippen molar-refractivity contribution in [2.75, 3.05) is 14.2 Å². The van der Waals surface area contributed by atoms with E-state index in [2.05, 4.69) is 13.8 Å². The Morgan fingerprint density at radius 3 is 2.27 bits per heavy atom. The van der Waals surface area contributed by atoms with E-state index in [1.807, 2.05) is 0 Å². The van der Waals surface area contributed by atoms with Crippen LogP contribution < -0.4 is 0 Å². The number of aliphatic hydroxyl groups is 1. The minimum atomic E-state index is -0.705. The maximum atomic E-state index is 9.38. The number of methoxy groups -OCH3 is 2. The molecular weight excluding hydrogens is 192 g/mol. The Balaban J connectivity index is 3.82. The monoisotopic (exact) mass is 218 g/mol. The highest BCUT2D eigenvalue weighted by Crippen LogP contribution is 2.19. The molecule has 15 heavy (non-hydrogen) atoms. The highest BCUT2D eigenvalue weighted by atomic mass is 16.6. The standard InChI is InChI=1S/C12H26O3/c1-5-6-7-8-10(2)11(14-3)9-12(13)15-4/h10-13H,5-9H2,1-4H3. The minimum absolute atomic E-state index is 0.0943. The lowest BCUT2D eigenvalue weighted by Crippen LogP contribution is -2.27. The molecule has 0 aromatic rings. The lowest BCUT2D eigenvalue weighted by molar-refractivity contribution is -0.111. The highest BCUT2D eigenvalue weighted by molar-refractivity contribution is 4.67. The molecule has 0 aliphatic carbocycles. The van der Waals surface area contributed by atoms with Gasteiger partial charge in [-0.05, 0) is 12.3 Å². The zero-order valence-electron chi connectivity index (χ0n) is 10.5. The first kappa shape index (κ1) is 14.9. The van der Waals surface area contributed by atoms with Crippen molar-refractivity contribution < 1.29 is 14.6 Å². The van der Waals surface area contributed by atoms with Crippen LogP contribution in [0.3, 0.4) is 0 Å². The number of rotatable bonds is 9. The van der Waals surface area contributed by atoms with Crippen molar-refractivity contribution in [3.05, 3.63) is 0 Å². The van der Waals surface area contributed by atoms with E-state index >= 15 is 0 Å². The quantitative estimate of drug-likeness (QED) is 0.477. The molecule has 0 radical (unpaired) electrons. The fourth-order valence-electron chi connectivity index (χ4n) is 1.76. The molecule has 0 saturated carbocycles. The number of hydrogen-bond acceptors (Lipinski definition) is 3. The summed E-state index contributed by atoms with van der Waals surface area (Å²) in [7, 11) is 3.21. The Hall–Kier alpha value is -0.120. The van der Waals surface area contributed by atoms with E-state index < -0.39 is 6.29 Å². The normalized spacial score (nSPS) is 17.4. The van der Waals surface area contributed by atoms with Crippen LogP contribution in [0.1, 0.15) is 46.0 Å². The first-order valence-electron chi connectivity index (χ1n) is 5.89. The molecule has 3 atom stereocenters. The van der Waals surface area contributed by atoms with Crippen LogP contribution in [0.2, 0.25) is 0 Å². The molecule has 0 spiro atoms. The maximum absolute atomic E-state index is 9.38. The smallest absolute Gasteiger partial charge is 0.156 e. The summed E-state index contributed by atoms with van der Waals surface area (Å²) >= 11 is 0. The minimum Gasteiger partial charge on any atom is -0.381 e.